The Bertz CT molecular complexity index is 1220. The lowest BCUT2D eigenvalue weighted by Crippen LogP contribution is -2.03. The third kappa shape index (κ3) is 4.13. The fraction of sp³-hybridized carbons (Fsp3) is 0.0556. The predicted octanol–water partition coefficient (Wildman–Crippen LogP) is 3.42. The number of rotatable bonds is 6. The summed E-state index contributed by atoms with van der Waals surface area (Å²) in [4.78, 5) is 19.1. The second-order valence-electron chi connectivity index (χ2n) is 6.05. The van der Waals surface area contributed by atoms with Crippen LogP contribution >= 0.6 is 0 Å². The van der Waals surface area contributed by atoms with E-state index < -0.39 is 4.92 Å². The molecule has 144 valence electrons. The molecule has 0 spiro atoms. The van der Waals surface area contributed by atoms with E-state index in [0.717, 1.165) is 11.3 Å². The van der Waals surface area contributed by atoms with E-state index in [1.807, 2.05) is 31.2 Å². The SMILES string of the molecule is Cc1cccc(Nc2nc3nonc3nc2N/N=C\c2cccc([N+](=O)[O-])c2)c1. The van der Waals surface area contributed by atoms with Crippen molar-refractivity contribution >= 4 is 40.5 Å². The second kappa shape index (κ2) is 7.68. The van der Waals surface area contributed by atoms with E-state index in [9.17, 15) is 10.1 Å². The van der Waals surface area contributed by atoms with Crippen LogP contribution < -0.4 is 10.7 Å². The van der Waals surface area contributed by atoms with Crippen molar-refractivity contribution in [3.8, 4) is 0 Å². The highest BCUT2D eigenvalue weighted by Crippen LogP contribution is 2.24. The summed E-state index contributed by atoms with van der Waals surface area (Å²) in [5.41, 5.74) is 5.65. The third-order valence-electron chi connectivity index (χ3n) is 3.86. The van der Waals surface area contributed by atoms with Gasteiger partial charge in [0, 0.05) is 23.4 Å². The Balaban J connectivity index is 1.62. The molecule has 0 aliphatic rings. The zero-order valence-electron chi connectivity index (χ0n) is 15.1. The summed E-state index contributed by atoms with van der Waals surface area (Å²) in [5, 5.41) is 25.5. The van der Waals surface area contributed by atoms with Crippen molar-refractivity contribution in [1.29, 1.82) is 0 Å². The van der Waals surface area contributed by atoms with Gasteiger partial charge in [0.2, 0.25) is 11.3 Å². The minimum Gasteiger partial charge on any atom is -0.337 e. The molecule has 0 saturated heterocycles. The second-order valence-corrected chi connectivity index (χ2v) is 6.05. The van der Waals surface area contributed by atoms with Crippen LogP contribution in [0, 0.1) is 17.0 Å². The van der Waals surface area contributed by atoms with Crippen LogP contribution in [0.2, 0.25) is 0 Å². The van der Waals surface area contributed by atoms with Gasteiger partial charge in [0.1, 0.15) is 0 Å². The number of hydrogen-bond acceptors (Lipinski definition) is 10. The molecule has 11 nitrogen and oxygen atoms in total. The molecule has 2 heterocycles. The Morgan fingerprint density at radius 2 is 1.83 bits per heavy atom. The van der Waals surface area contributed by atoms with Crippen molar-refractivity contribution in [3.63, 3.8) is 0 Å². The van der Waals surface area contributed by atoms with Gasteiger partial charge >= 0.3 is 0 Å². The van der Waals surface area contributed by atoms with Gasteiger partial charge in [0.05, 0.1) is 11.1 Å². The van der Waals surface area contributed by atoms with Crippen LogP contribution in [0.3, 0.4) is 0 Å². The number of nitrogens with zero attached hydrogens (tertiary/aromatic N) is 6. The molecule has 29 heavy (non-hydrogen) atoms. The van der Waals surface area contributed by atoms with Gasteiger partial charge in [-0.2, -0.15) is 10.1 Å². The molecule has 0 saturated carbocycles. The molecular formula is C18H14N8O3. The molecule has 4 aromatic rings. The van der Waals surface area contributed by atoms with Crippen LogP contribution in [0.15, 0.2) is 58.3 Å². The maximum atomic E-state index is 10.9. The molecule has 0 fully saturated rings. The van der Waals surface area contributed by atoms with Crippen molar-refractivity contribution in [2.75, 3.05) is 10.7 Å². The number of hydrazone groups is 1. The third-order valence-corrected chi connectivity index (χ3v) is 3.86. The molecule has 11 heteroatoms. The van der Waals surface area contributed by atoms with Crippen LogP contribution in [-0.4, -0.2) is 31.4 Å². The van der Waals surface area contributed by atoms with Gasteiger partial charge in [-0.05, 0) is 34.9 Å². The average Bonchev–Trinajstić information content (AvgIpc) is 3.15. The van der Waals surface area contributed by atoms with Crippen molar-refractivity contribution in [3.05, 3.63) is 69.8 Å². The molecule has 2 N–H and O–H groups in total. The van der Waals surface area contributed by atoms with Crippen LogP contribution in [0.25, 0.3) is 11.3 Å². The number of hydrogen-bond donors (Lipinski definition) is 2. The van der Waals surface area contributed by atoms with Crippen molar-refractivity contribution in [2.24, 2.45) is 5.10 Å². The number of non-ortho nitro benzene ring substituents is 1. The number of benzene rings is 2. The highest BCUT2D eigenvalue weighted by atomic mass is 16.6. The molecule has 4 rings (SSSR count). The topological polar surface area (TPSA) is 144 Å². The first-order valence-corrected chi connectivity index (χ1v) is 8.46. The summed E-state index contributed by atoms with van der Waals surface area (Å²) >= 11 is 0. The number of anilines is 3. The molecule has 0 bridgehead atoms. The van der Waals surface area contributed by atoms with Gasteiger partial charge in [-0.1, -0.05) is 24.3 Å². The van der Waals surface area contributed by atoms with E-state index in [1.54, 1.807) is 12.1 Å². The minimum absolute atomic E-state index is 0.0226. The molecule has 0 amide bonds. The Morgan fingerprint density at radius 1 is 1.07 bits per heavy atom. The summed E-state index contributed by atoms with van der Waals surface area (Å²) in [6, 6.07) is 13.8. The average molecular weight is 390 g/mol. The van der Waals surface area contributed by atoms with Crippen molar-refractivity contribution in [2.45, 2.75) is 6.92 Å². The van der Waals surface area contributed by atoms with Gasteiger partial charge in [-0.3, -0.25) is 15.5 Å². The zero-order valence-corrected chi connectivity index (χ0v) is 15.1. The van der Waals surface area contributed by atoms with Crippen molar-refractivity contribution in [1.82, 2.24) is 20.3 Å². The van der Waals surface area contributed by atoms with Crippen LogP contribution in [0.1, 0.15) is 11.1 Å². The first-order chi connectivity index (χ1) is 14.1. The highest BCUT2D eigenvalue weighted by Gasteiger charge is 2.13. The Kier molecular flexibility index (Phi) is 4.76. The first kappa shape index (κ1) is 18.0. The molecular weight excluding hydrogens is 376 g/mol. The molecule has 0 aliphatic carbocycles. The minimum atomic E-state index is -0.467. The number of aromatic nitrogens is 4. The molecule has 0 unspecified atom stereocenters. The maximum absolute atomic E-state index is 10.9. The highest BCUT2D eigenvalue weighted by molar-refractivity contribution is 5.82. The molecule has 0 aliphatic heterocycles. The Morgan fingerprint density at radius 3 is 2.59 bits per heavy atom. The standard InChI is InChI=1S/C18H14N8O3/c1-11-4-2-6-13(8-11)20-15-16(22-18-17(21-15)24-29-25-18)23-19-10-12-5-3-7-14(9-12)26(27)28/h2-10H,1H3,(H,20,21,24)(H,22,23,25)/b19-10-. The number of fused-ring (bicyclic) bond motifs is 1. The van der Waals surface area contributed by atoms with Gasteiger partial charge < -0.3 is 5.32 Å². The first-order valence-electron chi connectivity index (χ1n) is 8.46. The molecule has 2 aromatic carbocycles. The zero-order chi connectivity index (χ0) is 20.2. The molecule has 0 radical (unpaired) electrons. The fourth-order valence-electron chi connectivity index (χ4n) is 2.55. The van der Waals surface area contributed by atoms with Gasteiger partial charge in [0.25, 0.3) is 5.69 Å². The smallest absolute Gasteiger partial charge is 0.270 e. The van der Waals surface area contributed by atoms with E-state index in [2.05, 4.69) is 40.8 Å². The van der Waals surface area contributed by atoms with Crippen LogP contribution in [-0.2, 0) is 0 Å². The summed E-state index contributed by atoms with van der Waals surface area (Å²) < 4.78 is 4.67. The number of nitro groups is 1. The maximum Gasteiger partial charge on any atom is 0.270 e. The van der Waals surface area contributed by atoms with Gasteiger partial charge in [-0.15, -0.1) is 0 Å². The normalized spacial score (nSPS) is 11.1. The number of aryl methyl sites for hydroxylation is 1. The Labute approximate surface area is 163 Å². The van der Waals surface area contributed by atoms with E-state index in [0.29, 0.717) is 11.4 Å². The van der Waals surface area contributed by atoms with Crippen LogP contribution in [0.5, 0.6) is 0 Å². The monoisotopic (exact) mass is 390 g/mol. The fourth-order valence-corrected chi connectivity index (χ4v) is 2.55. The number of nitrogens with one attached hydrogen (secondary N) is 2. The van der Waals surface area contributed by atoms with E-state index in [1.165, 1.54) is 18.3 Å². The predicted molar refractivity (Wildman–Crippen MR) is 106 cm³/mol. The summed E-state index contributed by atoms with van der Waals surface area (Å²) in [6.45, 7) is 1.98. The summed E-state index contributed by atoms with van der Waals surface area (Å²) in [7, 11) is 0. The Hall–Kier alpha value is -4.41. The van der Waals surface area contributed by atoms with Crippen molar-refractivity contribution < 1.29 is 9.55 Å². The number of nitro benzene ring substituents is 1. The summed E-state index contributed by atoms with van der Waals surface area (Å²) in [6.07, 6.45) is 1.44. The van der Waals surface area contributed by atoms with Gasteiger partial charge in [-0.25, -0.2) is 9.61 Å². The van der Waals surface area contributed by atoms with E-state index in [4.69, 9.17) is 0 Å². The van der Waals surface area contributed by atoms with Crippen LogP contribution in [0.4, 0.5) is 23.0 Å². The van der Waals surface area contributed by atoms with Gasteiger partial charge in [0.15, 0.2) is 11.6 Å². The summed E-state index contributed by atoms with van der Waals surface area (Å²) in [5.74, 6) is 0.659. The largest absolute Gasteiger partial charge is 0.337 e. The quantitative estimate of drug-likeness (QED) is 0.287. The van der Waals surface area contributed by atoms with E-state index in [-0.39, 0.29) is 22.8 Å². The lowest BCUT2D eigenvalue weighted by molar-refractivity contribution is -0.384. The molecule has 2 aromatic heterocycles. The molecule has 0 atom stereocenters. The lowest BCUT2D eigenvalue weighted by atomic mass is 10.2. The lowest BCUT2D eigenvalue weighted by Gasteiger charge is -2.09. The van der Waals surface area contributed by atoms with E-state index >= 15 is 0 Å².